The molecule has 0 spiro atoms. The minimum absolute atomic E-state index is 0.165. The minimum atomic E-state index is -3.68. The molecule has 5 nitrogen and oxygen atoms in total. The predicted molar refractivity (Wildman–Crippen MR) is 79.8 cm³/mol. The van der Waals surface area contributed by atoms with Crippen LogP contribution < -0.4 is 0 Å². The first-order valence-electron chi connectivity index (χ1n) is 6.33. The summed E-state index contributed by atoms with van der Waals surface area (Å²) in [7, 11) is -3.68. The Hall–Kier alpha value is -0.920. The molecule has 0 aromatic heterocycles. The van der Waals surface area contributed by atoms with Gasteiger partial charge in [-0.25, -0.2) is 8.42 Å². The molecule has 0 bridgehead atoms. The summed E-state index contributed by atoms with van der Waals surface area (Å²) >= 11 is 3.26. The van der Waals surface area contributed by atoms with E-state index >= 15 is 0 Å². The van der Waals surface area contributed by atoms with E-state index in [0.717, 1.165) is 8.78 Å². The van der Waals surface area contributed by atoms with E-state index in [1.807, 2.05) is 6.92 Å². The molecule has 7 heteroatoms. The van der Waals surface area contributed by atoms with Gasteiger partial charge in [-0.3, -0.25) is 4.79 Å². The van der Waals surface area contributed by atoms with Gasteiger partial charge in [0.15, 0.2) is 0 Å². The summed E-state index contributed by atoms with van der Waals surface area (Å²) in [6.07, 6.45) is 0.620. The normalized spacial score (nSPS) is 11.6. The summed E-state index contributed by atoms with van der Waals surface area (Å²) < 4.78 is 31.7. The molecule has 0 unspecified atom stereocenters. The van der Waals surface area contributed by atoms with Crippen LogP contribution in [-0.4, -0.2) is 38.4 Å². The van der Waals surface area contributed by atoms with E-state index in [1.165, 1.54) is 12.1 Å². The van der Waals surface area contributed by atoms with Gasteiger partial charge in [-0.15, -0.1) is 0 Å². The van der Waals surface area contributed by atoms with E-state index < -0.39 is 16.0 Å². The van der Waals surface area contributed by atoms with Crippen LogP contribution in [-0.2, 0) is 19.6 Å². The number of carbonyl (C=O) groups excluding carboxylic acids is 1. The molecule has 0 aliphatic carbocycles. The third-order valence-corrected chi connectivity index (χ3v) is 4.92. The number of sulfonamides is 1. The van der Waals surface area contributed by atoms with E-state index in [1.54, 1.807) is 19.1 Å². The van der Waals surface area contributed by atoms with Crippen LogP contribution in [0.5, 0.6) is 0 Å². The van der Waals surface area contributed by atoms with Crippen LogP contribution in [0.1, 0.15) is 20.3 Å². The summed E-state index contributed by atoms with van der Waals surface area (Å²) in [4.78, 5) is 11.7. The number of esters is 1. The summed E-state index contributed by atoms with van der Waals surface area (Å²) in [6.45, 7) is 3.79. The average Bonchev–Trinajstić information content (AvgIpc) is 2.39. The van der Waals surface area contributed by atoms with Crippen molar-refractivity contribution in [2.75, 3.05) is 19.7 Å². The Kier molecular flexibility index (Phi) is 6.64. The quantitative estimate of drug-likeness (QED) is 0.697. The number of benzene rings is 1. The Morgan fingerprint density at radius 2 is 1.85 bits per heavy atom. The summed E-state index contributed by atoms with van der Waals surface area (Å²) in [5.41, 5.74) is 0. The molecule has 112 valence electrons. The highest BCUT2D eigenvalue weighted by Crippen LogP contribution is 2.19. The van der Waals surface area contributed by atoms with Crippen LogP contribution in [0.15, 0.2) is 33.6 Å². The fourth-order valence-electron chi connectivity index (χ4n) is 1.64. The van der Waals surface area contributed by atoms with Gasteiger partial charge in [-0.2, -0.15) is 4.31 Å². The van der Waals surface area contributed by atoms with Gasteiger partial charge in [0, 0.05) is 11.0 Å². The average molecular weight is 364 g/mol. The first kappa shape index (κ1) is 17.1. The van der Waals surface area contributed by atoms with Crippen molar-refractivity contribution in [2.45, 2.75) is 25.2 Å². The Morgan fingerprint density at radius 1 is 1.25 bits per heavy atom. The molecule has 1 rings (SSSR count). The zero-order chi connectivity index (χ0) is 15.2. The van der Waals surface area contributed by atoms with Crippen molar-refractivity contribution in [1.29, 1.82) is 0 Å². The first-order chi connectivity index (χ1) is 9.41. The van der Waals surface area contributed by atoms with E-state index in [4.69, 9.17) is 4.74 Å². The summed E-state index contributed by atoms with van der Waals surface area (Å²) in [5.74, 6) is -0.540. The maximum atomic E-state index is 12.5. The summed E-state index contributed by atoms with van der Waals surface area (Å²) in [6, 6.07) is 6.32. The van der Waals surface area contributed by atoms with Crippen molar-refractivity contribution in [2.24, 2.45) is 0 Å². The molecule has 0 N–H and O–H groups in total. The molecule has 0 radical (unpaired) electrons. The third-order valence-electron chi connectivity index (χ3n) is 2.54. The molecule has 0 fully saturated rings. The van der Waals surface area contributed by atoms with Crippen molar-refractivity contribution in [3.05, 3.63) is 28.7 Å². The number of rotatable bonds is 7. The molecule has 20 heavy (non-hydrogen) atoms. The van der Waals surface area contributed by atoms with Crippen molar-refractivity contribution in [3.8, 4) is 0 Å². The Labute approximate surface area is 128 Å². The maximum Gasteiger partial charge on any atom is 0.321 e. The number of ether oxygens (including phenoxy) is 1. The molecule has 0 heterocycles. The lowest BCUT2D eigenvalue weighted by Crippen LogP contribution is -2.37. The van der Waals surface area contributed by atoms with Crippen LogP contribution in [0.25, 0.3) is 0 Å². The van der Waals surface area contributed by atoms with E-state index in [9.17, 15) is 13.2 Å². The van der Waals surface area contributed by atoms with Crippen LogP contribution in [0, 0.1) is 0 Å². The van der Waals surface area contributed by atoms with Gasteiger partial charge < -0.3 is 4.74 Å². The largest absolute Gasteiger partial charge is 0.465 e. The molecular weight excluding hydrogens is 346 g/mol. The fourth-order valence-corrected chi connectivity index (χ4v) is 3.38. The zero-order valence-corrected chi connectivity index (χ0v) is 13.9. The first-order valence-corrected chi connectivity index (χ1v) is 8.56. The van der Waals surface area contributed by atoms with Gasteiger partial charge >= 0.3 is 5.97 Å². The molecular formula is C13H18BrNO4S. The number of halogens is 1. The van der Waals surface area contributed by atoms with E-state index in [-0.39, 0.29) is 24.6 Å². The highest BCUT2D eigenvalue weighted by molar-refractivity contribution is 9.10. The minimum Gasteiger partial charge on any atom is -0.465 e. The molecule has 0 saturated carbocycles. The molecule has 0 amide bonds. The fraction of sp³-hybridized carbons (Fsp3) is 0.462. The lowest BCUT2D eigenvalue weighted by molar-refractivity contribution is -0.143. The lowest BCUT2D eigenvalue weighted by atomic mass is 10.4. The lowest BCUT2D eigenvalue weighted by Gasteiger charge is -2.20. The standard InChI is InChI=1S/C13H18BrNO4S/c1-3-9-15(10-13(16)19-4-2)20(17,18)12-7-5-11(14)6-8-12/h5-8H,3-4,9-10H2,1-2H3. The number of carbonyl (C=O) groups is 1. The molecule has 1 aromatic rings. The van der Waals surface area contributed by atoms with Gasteiger partial charge in [0.25, 0.3) is 0 Å². The molecule has 0 aliphatic heterocycles. The van der Waals surface area contributed by atoms with Crippen molar-refractivity contribution in [1.82, 2.24) is 4.31 Å². The number of hydrogen-bond acceptors (Lipinski definition) is 4. The number of nitrogens with zero attached hydrogens (tertiary/aromatic N) is 1. The topological polar surface area (TPSA) is 63.7 Å². The zero-order valence-electron chi connectivity index (χ0n) is 11.5. The SMILES string of the molecule is CCCN(CC(=O)OCC)S(=O)(=O)c1ccc(Br)cc1. The van der Waals surface area contributed by atoms with Crippen molar-refractivity contribution < 1.29 is 17.9 Å². The second-order valence-electron chi connectivity index (χ2n) is 4.10. The Morgan fingerprint density at radius 3 is 2.35 bits per heavy atom. The van der Waals surface area contributed by atoms with Gasteiger partial charge in [-0.1, -0.05) is 22.9 Å². The van der Waals surface area contributed by atoms with E-state index in [2.05, 4.69) is 15.9 Å². The monoisotopic (exact) mass is 363 g/mol. The third kappa shape index (κ3) is 4.57. The van der Waals surface area contributed by atoms with Gasteiger partial charge in [-0.05, 0) is 37.6 Å². The van der Waals surface area contributed by atoms with Gasteiger partial charge in [0.2, 0.25) is 10.0 Å². The van der Waals surface area contributed by atoms with Gasteiger partial charge in [0.1, 0.15) is 6.54 Å². The second-order valence-corrected chi connectivity index (χ2v) is 6.95. The Balaban J connectivity index is 2.99. The van der Waals surface area contributed by atoms with E-state index in [0.29, 0.717) is 6.42 Å². The van der Waals surface area contributed by atoms with Gasteiger partial charge in [0.05, 0.1) is 11.5 Å². The second kappa shape index (κ2) is 7.75. The predicted octanol–water partition coefficient (Wildman–Crippen LogP) is 2.41. The van der Waals surface area contributed by atoms with Crippen LogP contribution >= 0.6 is 15.9 Å². The van der Waals surface area contributed by atoms with Crippen molar-refractivity contribution >= 4 is 31.9 Å². The smallest absolute Gasteiger partial charge is 0.321 e. The molecule has 1 aromatic carbocycles. The Bertz CT molecular complexity index is 542. The molecule has 0 saturated heterocycles. The molecule has 0 atom stereocenters. The molecule has 0 aliphatic rings. The maximum absolute atomic E-state index is 12.5. The van der Waals surface area contributed by atoms with Crippen LogP contribution in [0.2, 0.25) is 0 Å². The highest BCUT2D eigenvalue weighted by atomic mass is 79.9. The van der Waals surface area contributed by atoms with Crippen LogP contribution in [0.4, 0.5) is 0 Å². The highest BCUT2D eigenvalue weighted by Gasteiger charge is 2.26. The van der Waals surface area contributed by atoms with Crippen molar-refractivity contribution in [3.63, 3.8) is 0 Å². The van der Waals surface area contributed by atoms with Crippen LogP contribution in [0.3, 0.4) is 0 Å². The number of hydrogen-bond donors (Lipinski definition) is 0. The summed E-state index contributed by atoms with van der Waals surface area (Å²) in [5, 5.41) is 0.